The molecule has 0 aromatic heterocycles. The molecule has 0 aliphatic heterocycles. The maximum absolute atomic E-state index is 11.5. The number of Topliss-reactive ketones (excluding diaryl/α,β-unsaturated/α-hetero) is 1. The van der Waals surface area contributed by atoms with Crippen LogP contribution < -0.4 is 0 Å². The van der Waals surface area contributed by atoms with Crippen LogP contribution in [0.15, 0.2) is 12.1 Å². The largest absolute Gasteiger partial charge is 0.295 e. The molecule has 86 valence electrons. The van der Waals surface area contributed by atoms with E-state index in [4.69, 9.17) is 0 Å². The van der Waals surface area contributed by atoms with Gasteiger partial charge in [0.05, 0.1) is 0 Å². The van der Waals surface area contributed by atoms with E-state index in [0.717, 1.165) is 11.1 Å². The summed E-state index contributed by atoms with van der Waals surface area (Å²) in [6, 6.07) is 4.34. The second-order valence-corrected chi connectivity index (χ2v) is 5.80. The van der Waals surface area contributed by atoms with Crippen LogP contribution >= 0.6 is 0 Å². The third-order valence-electron chi connectivity index (χ3n) is 3.85. The summed E-state index contributed by atoms with van der Waals surface area (Å²) in [5, 5.41) is 0. The molecule has 0 amide bonds. The Kier molecular flexibility index (Phi) is 2.45. The predicted molar refractivity (Wildman–Crippen MR) is 67.2 cm³/mol. The van der Waals surface area contributed by atoms with Gasteiger partial charge in [0, 0.05) is 5.56 Å². The summed E-state index contributed by atoms with van der Waals surface area (Å²) in [6.45, 7) is 10.5. The van der Waals surface area contributed by atoms with Crippen molar-refractivity contribution in [3.63, 3.8) is 0 Å². The molecule has 1 aromatic carbocycles. The Morgan fingerprint density at radius 1 is 1.38 bits per heavy atom. The van der Waals surface area contributed by atoms with Crippen LogP contribution in [0.5, 0.6) is 0 Å². The van der Waals surface area contributed by atoms with Crippen molar-refractivity contribution >= 4 is 5.78 Å². The molecule has 0 heterocycles. The maximum Gasteiger partial charge on any atom is 0.160 e. The lowest BCUT2D eigenvalue weighted by atomic mass is 9.85. The van der Waals surface area contributed by atoms with Gasteiger partial charge < -0.3 is 0 Å². The van der Waals surface area contributed by atoms with Crippen molar-refractivity contribution in [1.82, 2.24) is 0 Å². The summed E-state index contributed by atoms with van der Waals surface area (Å²) >= 11 is 0. The highest BCUT2D eigenvalue weighted by molar-refractivity contribution is 5.96. The molecule has 1 aromatic rings. The molecule has 0 N–H and O–H groups in total. The van der Waals surface area contributed by atoms with Crippen LogP contribution in [-0.2, 0) is 5.41 Å². The van der Waals surface area contributed by atoms with Crippen LogP contribution in [0.3, 0.4) is 0 Å². The Bertz CT molecular complexity index is 455. The van der Waals surface area contributed by atoms with Gasteiger partial charge in [-0.1, -0.05) is 26.8 Å². The lowest BCUT2D eigenvalue weighted by Crippen LogP contribution is -2.12. The summed E-state index contributed by atoms with van der Waals surface area (Å²) in [7, 11) is 0. The minimum atomic E-state index is 0.178. The van der Waals surface area contributed by atoms with Crippen LogP contribution in [0, 0.1) is 6.92 Å². The van der Waals surface area contributed by atoms with Gasteiger partial charge in [0.1, 0.15) is 0 Å². The van der Waals surface area contributed by atoms with Gasteiger partial charge in [-0.2, -0.15) is 0 Å². The number of benzene rings is 1. The Labute approximate surface area is 97.9 Å². The number of fused-ring (bicyclic) bond motifs is 1. The average Bonchev–Trinajstić information content (AvgIpc) is 2.36. The first-order valence-corrected chi connectivity index (χ1v) is 5.99. The SMILES string of the molecule is CC(=O)c1cc2c(cc1C)C(C)(C)C[C@@H]2C. The Morgan fingerprint density at radius 3 is 2.56 bits per heavy atom. The normalized spacial score (nSPS) is 21.9. The van der Waals surface area contributed by atoms with Crippen LogP contribution in [0.25, 0.3) is 0 Å². The molecule has 2 rings (SSSR count). The maximum atomic E-state index is 11.5. The van der Waals surface area contributed by atoms with Gasteiger partial charge in [-0.25, -0.2) is 0 Å². The first-order valence-electron chi connectivity index (χ1n) is 5.99. The molecule has 1 aliphatic carbocycles. The molecular formula is C15H20O. The molecule has 1 atom stereocenters. The number of carbonyl (C=O) groups is 1. The third-order valence-corrected chi connectivity index (χ3v) is 3.85. The summed E-state index contributed by atoms with van der Waals surface area (Å²) in [6.07, 6.45) is 1.18. The van der Waals surface area contributed by atoms with Crippen molar-refractivity contribution in [3.8, 4) is 0 Å². The lowest BCUT2D eigenvalue weighted by molar-refractivity contribution is 0.101. The van der Waals surface area contributed by atoms with Gasteiger partial charge in [0.2, 0.25) is 0 Å². The number of ketones is 1. The predicted octanol–water partition coefficient (Wildman–Crippen LogP) is 3.98. The minimum absolute atomic E-state index is 0.178. The Morgan fingerprint density at radius 2 is 2.00 bits per heavy atom. The van der Waals surface area contributed by atoms with E-state index in [9.17, 15) is 4.79 Å². The summed E-state index contributed by atoms with van der Waals surface area (Å²) < 4.78 is 0. The molecule has 1 aliphatic rings. The number of hydrogen-bond donors (Lipinski definition) is 0. The van der Waals surface area contributed by atoms with Crippen molar-refractivity contribution in [2.45, 2.75) is 52.4 Å². The van der Waals surface area contributed by atoms with E-state index in [1.165, 1.54) is 17.5 Å². The highest BCUT2D eigenvalue weighted by Gasteiger charge is 2.35. The standard InChI is InChI=1S/C15H20O/c1-9-6-14-13(7-12(9)11(3)16)10(2)8-15(14,4)5/h6-7,10H,8H2,1-5H3/t10-/m0/s1. The Hall–Kier alpha value is -1.11. The van der Waals surface area contributed by atoms with Crippen molar-refractivity contribution in [1.29, 1.82) is 0 Å². The van der Waals surface area contributed by atoms with Gasteiger partial charge in [-0.3, -0.25) is 4.79 Å². The monoisotopic (exact) mass is 216 g/mol. The molecule has 16 heavy (non-hydrogen) atoms. The van der Waals surface area contributed by atoms with E-state index >= 15 is 0 Å². The molecular weight excluding hydrogens is 196 g/mol. The number of aryl methyl sites for hydroxylation is 1. The van der Waals surface area contributed by atoms with E-state index < -0.39 is 0 Å². The van der Waals surface area contributed by atoms with Crippen molar-refractivity contribution in [2.24, 2.45) is 0 Å². The lowest BCUT2D eigenvalue weighted by Gasteiger charge is -2.20. The van der Waals surface area contributed by atoms with Crippen LogP contribution in [-0.4, -0.2) is 5.78 Å². The fourth-order valence-electron chi connectivity index (χ4n) is 3.08. The zero-order chi connectivity index (χ0) is 12.1. The van der Waals surface area contributed by atoms with Crippen molar-refractivity contribution < 1.29 is 4.79 Å². The molecule has 0 unspecified atom stereocenters. The highest BCUT2D eigenvalue weighted by atomic mass is 16.1. The smallest absolute Gasteiger partial charge is 0.160 e. The summed E-state index contributed by atoms with van der Waals surface area (Å²) in [4.78, 5) is 11.5. The van der Waals surface area contributed by atoms with Gasteiger partial charge >= 0.3 is 0 Å². The van der Waals surface area contributed by atoms with Crippen LogP contribution in [0.1, 0.15) is 67.1 Å². The van der Waals surface area contributed by atoms with E-state index in [-0.39, 0.29) is 11.2 Å². The molecule has 1 nitrogen and oxygen atoms in total. The van der Waals surface area contributed by atoms with Gasteiger partial charge in [-0.05, 0) is 54.4 Å². The van der Waals surface area contributed by atoms with Crippen molar-refractivity contribution in [3.05, 3.63) is 34.4 Å². The van der Waals surface area contributed by atoms with E-state index in [1.807, 2.05) is 6.92 Å². The first-order chi connectivity index (χ1) is 7.33. The van der Waals surface area contributed by atoms with Gasteiger partial charge in [-0.15, -0.1) is 0 Å². The quantitative estimate of drug-likeness (QED) is 0.649. The fraction of sp³-hybridized carbons (Fsp3) is 0.533. The topological polar surface area (TPSA) is 17.1 Å². The number of carbonyl (C=O) groups excluding carboxylic acids is 1. The summed E-state index contributed by atoms with van der Waals surface area (Å²) in [5.41, 5.74) is 5.08. The van der Waals surface area contributed by atoms with Crippen LogP contribution in [0.4, 0.5) is 0 Å². The molecule has 0 saturated heterocycles. The van der Waals surface area contributed by atoms with Crippen molar-refractivity contribution in [2.75, 3.05) is 0 Å². The highest BCUT2D eigenvalue weighted by Crippen LogP contribution is 2.46. The third kappa shape index (κ3) is 1.59. The second-order valence-electron chi connectivity index (χ2n) is 5.80. The fourth-order valence-corrected chi connectivity index (χ4v) is 3.08. The van der Waals surface area contributed by atoms with Gasteiger partial charge in [0.25, 0.3) is 0 Å². The molecule has 0 saturated carbocycles. The Balaban J connectivity index is 2.65. The average molecular weight is 216 g/mol. The zero-order valence-electron chi connectivity index (χ0n) is 10.8. The zero-order valence-corrected chi connectivity index (χ0v) is 10.8. The van der Waals surface area contributed by atoms with E-state index in [2.05, 4.69) is 32.9 Å². The van der Waals surface area contributed by atoms with Gasteiger partial charge in [0.15, 0.2) is 5.78 Å². The number of rotatable bonds is 1. The summed E-state index contributed by atoms with van der Waals surface area (Å²) in [5.74, 6) is 0.751. The molecule has 0 fully saturated rings. The first kappa shape index (κ1) is 11.4. The van der Waals surface area contributed by atoms with E-state index in [0.29, 0.717) is 5.92 Å². The molecule has 0 bridgehead atoms. The minimum Gasteiger partial charge on any atom is -0.295 e. The van der Waals surface area contributed by atoms with Crippen LogP contribution in [0.2, 0.25) is 0 Å². The molecule has 1 heteroatoms. The molecule has 0 spiro atoms. The second kappa shape index (κ2) is 3.44. The number of hydrogen-bond acceptors (Lipinski definition) is 1. The molecule has 0 radical (unpaired) electrons. The van der Waals surface area contributed by atoms with E-state index in [1.54, 1.807) is 6.92 Å².